The third-order valence-electron chi connectivity index (χ3n) is 4.09. The third-order valence-corrected chi connectivity index (χ3v) is 5.30. The summed E-state index contributed by atoms with van der Waals surface area (Å²) in [5, 5.41) is 10.3. The van der Waals surface area contributed by atoms with Gasteiger partial charge in [-0.25, -0.2) is 0 Å². The lowest BCUT2D eigenvalue weighted by atomic mass is 10.2. The molecule has 0 aliphatic rings. The quantitative estimate of drug-likeness (QED) is 0.627. The summed E-state index contributed by atoms with van der Waals surface area (Å²) in [7, 11) is 0. The molecule has 1 amide bonds. The van der Waals surface area contributed by atoms with E-state index in [0.717, 1.165) is 17.0 Å². The highest BCUT2D eigenvalue weighted by Gasteiger charge is 2.22. The first kappa shape index (κ1) is 19.3. The minimum Gasteiger partial charge on any atom is -0.419 e. The Labute approximate surface area is 165 Å². The molecule has 0 radical (unpaired) electrons. The van der Waals surface area contributed by atoms with Crippen molar-refractivity contribution < 1.29 is 9.21 Å². The number of hydrogen-bond acceptors (Lipinski definition) is 6. The average molecular weight is 407 g/mol. The number of carbonyl (C=O) groups is 1. The molecule has 9 heteroatoms. The fraction of sp³-hybridized carbons (Fsp3) is 0.333. The van der Waals surface area contributed by atoms with Crippen LogP contribution in [0.1, 0.15) is 25.4 Å². The Morgan fingerprint density at radius 2 is 2.07 bits per heavy atom. The molecular weight excluding hydrogens is 388 g/mol. The molecule has 3 aromatic rings. The van der Waals surface area contributed by atoms with Crippen LogP contribution in [0, 0.1) is 6.92 Å². The van der Waals surface area contributed by atoms with Gasteiger partial charge in [0.15, 0.2) is 0 Å². The van der Waals surface area contributed by atoms with E-state index in [2.05, 4.69) is 10.2 Å². The maximum Gasteiger partial charge on any atom is 0.307 e. The van der Waals surface area contributed by atoms with E-state index < -0.39 is 0 Å². The SMILES string of the molecule is Cc1csc(=O)n1CC(=O)N(Cc1nnc(-c2ccccc2Cl)o1)C(C)C. The van der Waals surface area contributed by atoms with Crippen molar-refractivity contribution in [3.05, 3.63) is 55.9 Å². The second kappa shape index (κ2) is 8.06. The van der Waals surface area contributed by atoms with Gasteiger partial charge in [0.2, 0.25) is 17.7 Å². The van der Waals surface area contributed by atoms with Gasteiger partial charge in [-0.1, -0.05) is 35.1 Å². The van der Waals surface area contributed by atoms with Crippen LogP contribution in [0.5, 0.6) is 0 Å². The molecule has 0 N–H and O–H groups in total. The fourth-order valence-corrected chi connectivity index (χ4v) is 3.54. The largest absolute Gasteiger partial charge is 0.419 e. The highest BCUT2D eigenvalue weighted by molar-refractivity contribution is 7.07. The highest BCUT2D eigenvalue weighted by Crippen LogP contribution is 2.26. The van der Waals surface area contributed by atoms with Crippen LogP contribution in [0.15, 0.2) is 38.9 Å². The zero-order chi connectivity index (χ0) is 19.6. The second-order valence-electron chi connectivity index (χ2n) is 6.33. The maximum atomic E-state index is 12.8. The van der Waals surface area contributed by atoms with Gasteiger partial charge in [-0.3, -0.25) is 14.2 Å². The van der Waals surface area contributed by atoms with Crippen LogP contribution in [0.3, 0.4) is 0 Å². The number of benzene rings is 1. The summed E-state index contributed by atoms with van der Waals surface area (Å²) in [6, 6.07) is 7.08. The fourth-order valence-electron chi connectivity index (χ4n) is 2.59. The van der Waals surface area contributed by atoms with Gasteiger partial charge in [0.05, 0.1) is 17.1 Å². The molecule has 0 saturated heterocycles. The van der Waals surface area contributed by atoms with Crippen molar-refractivity contribution in [2.24, 2.45) is 0 Å². The minimum absolute atomic E-state index is 0.0160. The minimum atomic E-state index is -0.189. The maximum absolute atomic E-state index is 12.8. The monoisotopic (exact) mass is 406 g/mol. The van der Waals surface area contributed by atoms with Gasteiger partial charge in [-0.2, -0.15) is 0 Å². The summed E-state index contributed by atoms with van der Waals surface area (Å²) in [4.78, 5) is 26.1. The Morgan fingerprint density at radius 1 is 1.33 bits per heavy atom. The van der Waals surface area contributed by atoms with Crippen LogP contribution in [-0.2, 0) is 17.9 Å². The van der Waals surface area contributed by atoms with Gasteiger partial charge in [0, 0.05) is 17.1 Å². The molecule has 0 saturated carbocycles. The molecule has 3 rings (SSSR count). The molecule has 0 unspecified atom stereocenters. The number of halogens is 1. The van der Waals surface area contributed by atoms with E-state index in [4.69, 9.17) is 16.0 Å². The van der Waals surface area contributed by atoms with Crippen molar-refractivity contribution in [3.8, 4) is 11.5 Å². The molecule has 0 fully saturated rings. The summed E-state index contributed by atoms with van der Waals surface area (Å²) in [6.45, 7) is 5.74. The Hall–Kier alpha value is -2.45. The molecular formula is C18H19ClN4O3S. The third kappa shape index (κ3) is 4.28. The van der Waals surface area contributed by atoms with Crippen LogP contribution in [-0.4, -0.2) is 31.6 Å². The molecule has 142 valence electrons. The van der Waals surface area contributed by atoms with Crippen LogP contribution in [0.25, 0.3) is 11.5 Å². The van der Waals surface area contributed by atoms with Crippen molar-refractivity contribution >= 4 is 28.8 Å². The molecule has 0 aliphatic carbocycles. The number of aromatic nitrogens is 3. The molecule has 7 nitrogen and oxygen atoms in total. The van der Waals surface area contributed by atoms with E-state index in [1.165, 1.54) is 4.57 Å². The topological polar surface area (TPSA) is 81.2 Å². The zero-order valence-electron chi connectivity index (χ0n) is 15.2. The first-order valence-electron chi connectivity index (χ1n) is 8.38. The van der Waals surface area contributed by atoms with Crippen molar-refractivity contribution in [1.82, 2.24) is 19.7 Å². The molecule has 0 aliphatic heterocycles. The standard InChI is InChI=1S/C18H19ClN4O3S/c1-11(2)22(16(24)9-23-12(3)10-27-18(23)25)8-15-20-21-17(26-15)13-6-4-5-7-14(13)19/h4-7,10-11H,8-9H2,1-3H3. The van der Waals surface area contributed by atoms with Crippen LogP contribution in [0.2, 0.25) is 5.02 Å². The lowest BCUT2D eigenvalue weighted by Crippen LogP contribution is -2.40. The number of carbonyl (C=O) groups excluding carboxylic acids is 1. The summed E-state index contributed by atoms with van der Waals surface area (Å²) >= 11 is 7.24. The molecule has 0 bridgehead atoms. The van der Waals surface area contributed by atoms with Crippen molar-refractivity contribution in [2.75, 3.05) is 0 Å². The van der Waals surface area contributed by atoms with Gasteiger partial charge in [-0.05, 0) is 32.9 Å². The molecule has 0 spiro atoms. The molecule has 0 atom stereocenters. The number of amides is 1. The highest BCUT2D eigenvalue weighted by atomic mass is 35.5. The Kier molecular flexibility index (Phi) is 5.76. The predicted octanol–water partition coefficient (Wildman–Crippen LogP) is 3.36. The number of nitrogens with zero attached hydrogens (tertiary/aromatic N) is 4. The molecule has 2 aromatic heterocycles. The lowest BCUT2D eigenvalue weighted by Gasteiger charge is -2.25. The van der Waals surface area contributed by atoms with Crippen molar-refractivity contribution in [2.45, 2.75) is 39.9 Å². The van der Waals surface area contributed by atoms with E-state index in [9.17, 15) is 9.59 Å². The van der Waals surface area contributed by atoms with Crippen molar-refractivity contribution in [3.63, 3.8) is 0 Å². The normalized spacial score (nSPS) is 11.1. The molecule has 1 aromatic carbocycles. The van der Waals surface area contributed by atoms with Gasteiger partial charge in [-0.15, -0.1) is 10.2 Å². The van der Waals surface area contributed by atoms with E-state index in [1.54, 1.807) is 29.3 Å². The summed E-state index contributed by atoms with van der Waals surface area (Å²) in [5.74, 6) is 0.420. The number of hydrogen-bond donors (Lipinski definition) is 0. The molecule has 27 heavy (non-hydrogen) atoms. The predicted molar refractivity (Wildman–Crippen MR) is 104 cm³/mol. The van der Waals surface area contributed by atoms with Crippen LogP contribution >= 0.6 is 22.9 Å². The van der Waals surface area contributed by atoms with Crippen LogP contribution in [0.4, 0.5) is 0 Å². The van der Waals surface area contributed by atoms with Crippen LogP contribution < -0.4 is 4.87 Å². The lowest BCUT2D eigenvalue weighted by molar-refractivity contribution is -0.134. The number of rotatable bonds is 6. The Balaban J connectivity index is 1.78. The summed E-state index contributed by atoms with van der Waals surface area (Å²) < 4.78 is 7.16. The van der Waals surface area contributed by atoms with E-state index in [1.807, 2.05) is 26.0 Å². The Bertz CT molecular complexity index is 1010. The molecule has 2 heterocycles. The summed E-state index contributed by atoms with van der Waals surface area (Å²) in [5.41, 5.74) is 1.40. The van der Waals surface area contributed by atoms with Gasteiger partial charge >= 0.3 is 4.87 Å². The van der Waals surface area contributed by atoms with E-state index >= 15 is 0 Å². The Morgan fingerprint density at radius 3 is 2.70 bits per heavy atom. The average Bonchev–Trinajstić information content (AvgIpc) is 3.21. The van der Waals surface area contributed by atoms with Gasteiger partial charge in [0.1, 0.15) is 6.54 Å². The van der Waals surface area contributed by atoms with Gasteiger partial charge in [0.25, 0.3) is 0 Å². The first-order valence-corrected chi connectivity index (χ1v) is 9.64. The van der Waals surface area contributed by atoms with E-state index in [-0.39, 0.29) is 29.9 Å². The van der Waals surface area contributed by atoms with Gasteiger partial charge < -0.3 is 9.32 Å². The first-order chi connectivity index (χ1) is 12.9. The summed E-state index contributed by atoms with van der Waals surface area (Å²) in [6.07, 6.45) is 0. The van der Waals surface area contributed by atoms with Crippen molar-refractivity contribution in [1.29, 1.82) is 0 Å². The smallest absolute Gasteiger partial charge is 0.307 e. The van der Waals surface area contributed by atoms with E-state index in [0.29, 0.717) is 22.4 Å². The second-order valence-corrected chi connectivity index (χ2v) is 7.55. The zero-order valence-corrected chi connectivity index (χ0v) is 16.8. The number of thiazole rings is 1. The number of aryl methyl sites for hydroxylation is 1.